The lowest BCUT2D eigenvalue weighted by Crippen LogP contribution is -2.43. The van der Waals surface area contributed by atoms with Gasteiger partial charge in [0.1, 0.15) is 6.54 Å². The van der Waals surface area contributed by atoms with Crippen LogP contribution in [0.1, 0.15) is 162 Å². The van der Waals surface area contributed by atoms with Crippen molar-refractivity contribution in [3.63, 3.8) is 0 Å². The summed E-state index contributed by atoms with van der Waals surface area (Å²) in [7, 11) is 5.93. The zero-order chi connectivity index (χ0) is 28.5. The van der Waals surface area contributed by atoms with E-state index >= 15 is 0 Å². The topological polar surface area (TPSA) is 63.6 Å². The molecule has 0 rings (SSSR count). The fourth-order valence-electron chi connectivity index (χ4n) is 5.27. The van der Waals surface area contributed by atoms with Crippen molar-refractivity contribution in [1.29, 1.82) is 0 Å². The molecule has 0 aromatic carbocycles. The average Bonchev–Trinajstić information content (AvgIpc) is 2.82. The predicted molar refractivity (Wildman–Crippen MR) is 161 cm³/mol. The molecule has 0 spiro atoms. The van der Waals surface area contributed by atoms with Crippen molar-refractivity contribution in [1.82, 2.24) is 0 Å². The highest BCUT2D eigenvalue weighted by Crippen LogP contribution is 2.18. The van der Waals surface area contributed by atoms with E-state index in [0.29, 0.717) is 23.4 Å². The molecular formula is C33H66NO4+. The van der Waals surface area contributed by atoms with E-state index in [4.69, 9.17) is 9.84 Å². The number of ether oxygens (including phenoxy) is 1. The summed E-state index contributed by atoms with van der Waals surface area (Å²) in [6, 6.07) is 0. The van der Waals surface area contributed by atoms with Crippen LogP contribution in [-0.2, 0) is 14.3 Å². The second-order valence-corrected chi connectivity index (χ2v) is 13.0. The van der Waals surface area contributed by atoms with Crippen LogP contribution in [0.2, 0.25) is 0 Å². The van der Waals surface area contributed by atoms with Crippen LogP contribution in [0.4, 0.5) is 0 Å². The molecule has 0 fully saturated rings. The maximum atomic E-state index is 12.3. The highest BCUT2D eigenvalue weighted by atomic mass is 16.5. The molecule has 0 aromatic heterocycles. The first-order valence-electron chi connectivity index (χ1n) is 16.4. The van der Waals surface area contributed by atoms with Gasteiger partial charge < -0.3 is 14.3 Å². The molecule has 0 radical (unpaired) electrons. The molecule has 0 saturated heterocycles. The van der Waals surface area contributed by atoms with Gasteiger partial charge in [-0.05, 0) is 12.3 Å². The number of esters is 1. The Morgan fingerprint density at radius 2 is 1.05 bits per heavy atom. The van der Waals surface area contributed by atoms with Crippen molar-refractivity contribution in [3.8, 4) is 0 Å². The first-order chi connectivity index (χ1) is 18.1. The predicted octanol–water partition coefficient (Wildman–Crippen LogP) is 9.32. The largest absolute Gasteiger partial charge is 0.481 e. The second kappa shape index (κ2) is 24.9. The number of carboxylic acids is 1. The van der Waals surface area contributed by atoms with Gasteiger partial charge in [-0.3, -0.25) is 9.59 Å². The Bertz CT molecular complexity index is 558. The Kier molecular flexibility index (Phi) is 24.2. The van der Waals surface area contributed by atoms with Crippen LogP contribution in [0.3, 0.4) is 0 Å². The van der Waals surface area contributed by atoms with Crippen LogP contribution in [0, 0.1) is 5.92 Å². The third-order valence-electron chi connectivity index (χ3n) is 7.59. The monoisotopic (exact) mass is 540 g/mol. The molecule has 0 aromatic rings. The van der Waals surface area contributed by atoms with Gasteiger partial charge in [0.2, 0.25) is 0 Å². The van der Waals surface area contributed by atoms with Gasteiger partial charge in [-0.1, -0.05) is 142 Å². The molecular weight excluding hydrogens is 474 g/mol. The fraction of sp³-hybridized carbons (Fsp3) is 0.939. The fourth-order valence-corrected chi connectivity index (χ4v) is 5.27. The van der Waals surface area contributed by atoms with Crippen molar-refractivity contribution in [3.05, 3.63) is 0 Å². The van der Waals surface area contributed by atoms with Crippen molar-refractivity contribution in [2.45, 2.75) is 168 Å². The zero-order valence-electron chi connectivity index (χ0n) is 26.2. The van der Waals surface area contributed by atoms with E-state index in [0.717, 1.165) is 12.8 Å². The van der Waals surface area contributed by atoms with E-state index in [1.807, 2.05) is 21.1 Å². The van der Waals surface area contributed by atoms with Gasteiger partial charge in [0.15, 0.2) is 6.10 Å². The Balaban J connectivity index is 3.52. The van der Waals surface area contributed by atoms with Gasteiger partial charge in [-0.15, -0.1) is 0 Å². The lowest BCUT2D eigenvalue weighted by molar-refractivity contribution is -0.873. The molecule has 0 amide bonds. The molecule has 38 heavy (non-hydrogen) atoms. The van der Waals surface area contributed by atoms with Crippen molar-refractivity contribution >= 4 is 11.9 Å². The third kappa shape index (κ3) is 27.9. The van der Waals surface area contributed by atoms with Crippen LogP contribution in [0.15, 0.2) is 0 Å². The van der Waals surface area contributed by atoms with E-state index in [-0.39, 0.29) is 12.4 Å². The number of hydrogen-bond donors (Lipinski definition) is 1. The SMILES string of the molecule is CCCCCCCCCCCCCCCCCCCCCC(C)CCC(=O)OC(CC(=O)O)C[N+](C)(C)C. The smallest absolute Gasteiger partial charge is 0.307 e. The van der Waals surface area contributed by atoms with Crippen molar-refractivity contribution in [2.75, 3.05) is 27.7 Å². The quantitative estimate of drug-likeness (QED) is 0.0610. The molecule has 0 bridgehead atoms. The van der Waals surface area contributed by atoms with E-state index in [1.54, 1.807) is 0 Å². The molecule has 0 aliphatic rings. The van der Waals surface area contributed by atoms with E-state index < -0.39 is 12.1 Å². The molecule has 2 atom stereocenters. The molecule has 0 aliphatic heterocycles. The Hall–Kier alpha value is -1.10. The number of carbonyl (C=O) groups excluding carboxylic acids is 1. The van der Waals surface area contributed by atoms with Gasteiger partial charge in [-0.25, -0.2) is 0 Å². The number of nitrogens with zero attached hydrogens (tertiary/aromatic N) is 1. The molecule has 5 heteroatoms. The lowest BCUT2D eigenvalue weighted by atomic mass is 9.97. The summed E-state index contributed by atoms with van der Waals surface area (Å²) in [4.78, 5) is 23.3. The molecule has 226 valence electrons. The minimum absolute atomic E-state index is 0.129. The highest BCUT2D eigenvalue weighted by molar-refractivity contribution is 5.71. The molecule has 0 heterocycles. The molecule has 0 saturated carbocycles. The number of unbranched alkanes of at least 4 members (excludes halogenated alkanes) is 18. The van der Waals surface area contributed by atoms with Crippen LogP contribution in [0.5, 0.6) is 0 Å². The summed E-state index contributed by atoms with van der Waals surface area (Å²) in [5, 5.41) is 9.10. The molecule has 2 unspecified atom stereocenters. The average molecular weight is 541 g/mol. The zero-order valence-corrected chi connectivity index (χ0v) is 26.2. The Morgan fingerprint density at radius 1 is 0.658 bits per heavy atom. The molecule has 1 N–H and O–H groups in total. The van der Waals surface area contributed by atoms with Crippen LogP contribution < -0.4 is 0 Å². The van der Waals surface area contributed by atoms with Crippen molar-refractivity contribution in [2.24, 2.45) is 5.92 Å². The minimum atomic E-state index is -0.922. The number of quaternary nitrogens is 1. The summed E-state index contributed by atoms with van der Waals surface area (Å²) in [5.41, 5.74) is 0. The van der Waals surface area contributed by atoms with Crippen LogP contribution in [-0.4, -0.2) is 55.3 Å². The highest BCUT2D eigenvalue weighted by Gasteiger charge is 2.24. The Morgan fingerprint density at radius 3 is 1.42 bits per heavy atom. The number of aliphatic carboxylic acids is 1. The summed E-state index contributed by atoms with van der Waals surface area (Å²) in [5.74, 6) is -0.677. The van der Waals surface area contributed by atoms with E-state index in [1.165, 1.54) is 122 Å². The van der Waals surface area contributed by atoms with Gasteiger partial charge in [0, 0.05) is 6.42 Å². The number of likely N-dealkylation sites (N-methyl/N-ethyl adjacent to an activating group) is 1. The standard InChI is InChI=1S/C33H65NO4/c1-6-7-8-9-10-11-12-13-14-15-16-17-18-19-20-21-22-23-24-25-30(2)26-27-33(37)38-31(28-32(35)36)29-34(3,4)5/h30-31H,6-29H2,1-5H3/p+1. The molecule has 5 nitrogen and oxygen atoms in total. The minimum Gasteiger partial charge on any atom is -0.481 e. The van der Waals surface area contributed by atoms with Gasteiger partial charge in [0.25, 0.3) is 0 Å². The third-order valence-corrected chi connectivity index (χ3v) is 7.59. The second-order valence-electron chi connectivity index (χ2n) is 13.0. The number of carboxylic acid groups (broad SMARTS) is 1. The Labute approximate surface area is 237 Å². The first kappa shape index (κ1) is 36.9. The van der Waals surface area contributed by atoms with Gasteiger partial charge in [-0.2, -0.15) is 0 Å². The lowest BCUT2D eigenvalue weighted by Gasteiger charge is -2.28. The number of hydrogen-bond acceptors (Lipinski definition) is 3. The van der Waals surface area contributed by atoms with Crippen LogP contribution in [0.25, 0.3) is 0 Å². The van der Waals surface area contributed by atoms with Crippen LogP contribution >= 0.6 is 0 Å². The van der Waals surface area contributed by atoms with E-state index in [2.05, 4.69) is 13.8 Å². The summed E-state index contributed by atoms with van der Waals surface area (Å²) in [6.45, 7) is 5.00. The number of rotatable bonds is 28. The summed E-state index contributed by atoms with van der Waals surface area (Å²) >= 11 is 0. The normalized spacial score (nSPS) is 13.4. The van der Waals surface area contributed by atoms with Gasteiger partial charge in [0.05, 0.1) is 27.6 Å². The molecule has 0 aliphatic carbocycles. The maximum Gasteiger partial charge on any atom is 0.307 e. The van der Waals surface area contributed by atoms with E-state index in [9.17, 15) is 9.59 Å². The van der Waals surface area contributed by atoms with Gasteiger partial charge >= 0.3 is 11.9 Å². The summed E-state index contributed by atoms with van der Waals surface area (Å²) in [6.07, 6.45) is 28.2. The maximum absolute atomic E-state index is 12.3. The first-order valence-corrected chi connectivity index (χ1v) is 16.4. The summed E-state index contributed by atoms with van der Waals surface area (Å²) < 4.78 is 6.07. The number of carbonyl (C=O) groups is 2. The van der Waals surface area contributed by atoms with Crippen molar-refractivity contribution < 1.29 is 23.9 Å².